The zero-order chi connectivity index (χ0) is 12.2. The van der Waals surface area contributed by atoms with Crippen molar-refractivity contribution >= 4 is 9.84 Å². The maximum atomic E-state index is 11.1. The Morgan fingerprint density at radius 3 is 2.62 bits per heavy atom. The number of furan rings is 1. The monoisotopic (exact) mass is 245 g/mol. The van der Waals surface area contributed by atoms with Gasteiger partial charge in [0.1, 0.15) is 15.6 Å². The van der Waals surface area contributed by atoms with Gasteiger partial charge in [0.05, 0.1) is 18.1 Å². The summed E-state index contributed by atoms with van der Waals surface area (Å²) < 4.78 is 27.7. The molecule has 0 aliphatic heterocycles. The summed E-state index contributed by atoms with van der Waals surface area (Å²) in [5, 5.41) is 3.24. The molecule has 1 aromatic rings. The highest BCUT2D eigenvalue weighted by molar-refractivity contribution is 7.90. The molecule has 1 rings (SSSR count). The van der Waals surface area contributed by atoms with E-state index in [-0.39, 0.29) is 11.8 Å². The Kier molecular flexibility index (Phi) is 4.56. The summed E-state index contributed by atoms with van der Waals surface area (Å²) in [5.41, 5.74) is 1.06. The Balaban J connectivity index is 2.72. The zero-order valence-corrected chi connectivity index (χ0v) is 10.8. The van der Waals surface area contributed by atoms with E-state index in [2.05, 4.69) is 5.32 Å². The lowest BCUT2D eigenvalue weighted by Gasteiger charge is -2.15. The van der Waals surface area contributed by atoms with Crippen molar-refractivity contribution in [1.82, 2.24) is 5.32 Å². The summed E-state index contributed by atoms with van der Waals surface area (Å²) in [7, 11) is -2.92. The fraction of sp³-hybridized carbons (Fsp3) is 0.636. The molecule has 1 atom stereocenters. The molecule has 0 aromatic carbocycles. The summed E-state index contributed by atoms with van der Waals surface area (Å²) in [5.74, 6) is 1.01. The highest BCUT2D eigenvalue weighted by Crippen LogP contribution is 2.22. The fourth-order valence-corrected chi connectivity index (χ4v) is 2.31. The number of nitrogens with one attached hydrogen (secondary N) is 1. The van der Waals surface area contributed by atoms with Crippen LogP contribution in [-0.4, -0.2) is 27.0 Å². The summed E-state index contributed by atoms with van der Waals surface area (Å²) in [6.07, 6.45) is 3.43. The van der Waals surface area contributed by atoms with Crippen molar-refractivity contribution in [3.8, 4) is 0 Å². The van der Waals surface area contributed by atoms with E-state index in [9.17, 15) is 8.42 Å². The summed E-state index contributed by atoms with van der Waals surface area (Å²) in [6, 6.07) is 1.87. The largest absolute Gasteiger partial charge is 0.467 e. The van der Waals surface area contributed by atoms with Crippen LogP contribution in [0.3, 0.4) is 0 Å². The van der Waals surface area contributed by atoms with Crippen molar-refractivity contribution in [1.29, 1.82) is 0 Å². The quantitative estimate of drug-likeness (QED) is 0.828. The SMILES string of the molecule is CCNC(CCS(C)(=O)=O)c1occc1C. The molecular weight excluding hydrogens is 226 g/mol. The molecule has 0 saturated heterocycles. The summed E-state index contributed by atoms with van der Waals surface area (Å²) in [6.45, 7) is 4.74. The van der Waals surface area contributed by atoms with Gasteiger partial charge in [-0.1, -0.05) is 6.92 Å². The lowest BCUT2D eigenvalue weighted by Crippen LogP contribution is -2.23. The molecule has 0 amide bonds. The first kappa shape index (κ1) is 13.3. The third-order valence-corrected chi connectivity index (χ3v) is 3.42. The first-order valence-corrected chi connectivity index (χ1v) is 7.45. The molecule has 5 heteroatoms. The Labute approximate surface area is 97.0 Å². The van der Waals surface area contributed by atoms with Gasteiger partial charge in [-0.2, -0.15) is 0 Å². The average molecular weight is 245 g/mol. The predicted octanol–water partition coefficient (Wildman–Crippen LogP) is 1.67. The van der Waals surface area contributed by atoms with Gasteiger partial charge in [-0.25, -0.2) is 8.42 Å². The van der Waals surface area contributed by atoms with Crippen LogP contribution in [0.1, 0.15) is 30.7 Å². The minimum absolute atomic E-state index is 0.0188. The molecule has 0 fully saturated rings. The minimum Gasteiger partial charge on any atom is -0.467 e. The van der Waals surface area contributed by atoms with Crippen molar-refractivity contribution in [2.45, 2.75) is 26.3 Å². The highest BCUT2D eigenvalue weighted by atomic mass is 32.2. The molecule has 1 aromatic heterocycles. The van der Waals surface area contributed by atoms with Crippen LogP contribution >= 0.6 is 0 Å². The van der Waals surface area contributed by atoms with E-state index in [1.54, 1.807) is 6.26 Å². The second-order valence-corrected chi connectivity index (χ2v) is 6.26. The lowest BCUT2D eigenvalue weighted by atomic mass is 10.1. The Morgan fingerprint density at radius 1 is 1.50 bits per heavy atom. The van der Waals surface area contributed by atoms with Gasteiger partial charge < -0.3 is 9.73 Å². The molecule has 0 saturated carbocycles. The van der Waals surface area contributed by atoms with E-state index in [0.717, 1.165) is 17.9 Å². The molecule has 0 bridgehead atoms. The van der Waals surface area contributed by atoms with Crippen LogP contribution in [0.4, 0.5) is 0 Å². The zero-order valence-electron chi connectivity index (χ0n) is 9.99. The maximum Gasteiger partial charge on any atom is 0.147 e. The lowest BCUT2D eigenvalue weighted by molar-refractivity contribution is 0.408. The van der Waals surface area contributed by atoms with Gasteiger partial charge in [-0.05, 0) is 31.5 Å². The van der Waals surface area contributed by atoms with Crippen molar-refractivity contribution in [3.63, 3.8) is 0 Å². The number of aryl methyl sites for hydroxylation is 1. The third kappa shape index (κ3) is 3.98. The van der Waals surface area contributed by atoms with Crippen molar-refractivity contribution in [2.75, 3.05) is 18.6 Å². The maximum absolute atomic E-state index is 11.1. The van der Waals surface area contributed by atoms with E-state index in [0.29, 0.717) is 6.42 Å². The summed E-state index contributed by atoms with van der Waals surface area (Å²) >= 11 is 0. The van der Waals surface area contributed by atoms with Crippen molar-refractivity contribution in [2.24, 2.45) is 0 Å². The third-order valence-electron chi connectivity index (χ3n) is 2.45. The van der Waals surface area contributed by atoms with Crippen LogP contribution in [0.5, 0.6) is 0 Å². The number of hydrogen-bond acceptors (Lipinski definition) is 4. The minimum atomic E-state index is -2.92. The number of rotatable bonds is 6. The molecule has 1 heterocycles. The number of hydrogen-bond donors (Lipinski definition) is 1. The van der Waals surface area contributed by atoms with E-state index < -0.39 is 9.84 Å². The van der Waals surface area contributed by atoms with Crippen molar-refractivity contribution in [3.05, 3.63) is 23.7 Å². The second-order valence-electron chi connectivity index (χ2n) is 4.00. The average Bonchev–Trinajstić information content (AvgIpc) is 2.57. The second kappa shape index (κ2) is 5.50. The van der Waals surface area contributed by atoms with Gasteiger partial charge in [0, 0.05) is 6.26 Å². The van der Waals surface area contributed by atoms with E-state index >= 15 is 0 Å². The van der Waals surface area contributed by atoms with Crippen LogP contribution < -0.4 is 5.32 Å². The van der Waals surface area contributed by atoms with E-state index in [1.807, 2.05) is 19.9 Å². The van der Waals surface area contributed by atoms with Crippen LogP contribution in [0.15, 0.2) is 16.7 Å². The fourth-order valence-electron chi connectivity index (χ4n) is 1.65. The summed E-state index contributed by atoms with van der Waals surface area (Å²) in [4.78, 5) is 0. The molecule has 92 valence electrons. The van der Waals surface area contributed by atoms with E-state index in [1.165, 1.54) is 6.26 Å². The van der Waals surface area contributed by atoms with E-state index in [4.69, 9.17) is 4.42 Å². The van der Waals surface area contributed by atoms with Gasteiger partial charge in [0.25, 0.3) is 0 Å². The molecule has 0 aliphatic carbocycles. The first-order valence-electron chi connectivity index (χ1n) is 5.39. The van der Waals surface area contributed by atoms with Gasteiger partial charge in [-0.15, -0.1) is 0 Å². The van der Waals surface area contributed by atoms with Crippen LogP contribution in [0.25, 0.3) is 0 Å². The normalized spacial score (nSPS) is 13.9. The van der Waals surface area contributed by atoms with Gasteiger partial charge >= 0.3 is 0 Å². The van der Waals surface area contributed by atoms with Crippen LogP contribution in [0, 0.1) is 6.92 Å². The molecule has 16 heavy (non-hydrogen) atoms. The predicted molar refractivity (Wildman–Crippen MR) is 64.2 cm³/mol. The molecule has 0 radical (unpaired) electrons. The van der Waals surface area contributed by atoms with Gasteiger partial charge in [0.2, 0.25) is 0 Å². The molecular formula is C11H19NO3S. The first-order chi connectivity index (χ1) is 7.44. The highest BCUT2D eigenvalue weighted by Gasteiger charge is 2.17. The Bertz CT molecular complexity index is 422. The Hall–Kier alpha value is -0.810. The van der Waals surface area contributed by atoms with Crippen molar-refractivity contribution < 1.29 is 12.8 Å². The topological polar surface area (TPSA) is 59.3 Å². The molecule has 0 aliphatic rings. The standard InChI is InChI=1S/C11H19NO3S/c1-4-12-10(6-8-16(3,13)14)11-9(2)5-7-15-11/h5,7,10,12H,4,6,8H2,1-3H3. The van der Waals surface area contributed by atoms with Gasteiger partial charge in [0.15, 0.2) is 0 Å². The van der Waals surface area contributed by atoms with Crippen LogP contribution in [0.2, 0.25) is 0 Å². The number of sulfone groups is 1. The van der Waals surface area contributed by atoms with Gasteiger partial charge in [-0.3, -0.25) is 0 Å². The molecule has 1 N–H and O–H groups in total. The smallest absolute Gasteiger partial charge is 0.147 e. The molecule has 4 nitrogen and oxygen atoms in total. The Morgan fingerprint density at radius 2 is 2.19 bits per heavy atom. The molecule has 0 spiro atoms. The van der Waals surface area contributed by atoms with Crippen LogP contribution in [-0.2, 0) is 9.84 Å². The molecule has 1 unspecified atom stereocenters.